The minimum absolute atomic E-state index is 0.000705. The molecule has 0 aliphatic heterocycles. The number of aromatic nitrogens is 2. The van der Waals surface area contributed by atoms with Gasteiger partial charge in [-0.15, -0.1) is 0 Å². The van der Waals surface area contributed by atoms with Gasteiger partial charge in [0.15, 0.2) is 11.5 Å². The molecular formula is C20H17ClFN5O2. The summed E-state index contributed by atoms with van der Waals surface area (Å²) in [5.41, 5.74) is 13.1. The number of hydrogen-bond acceptors (Lipinski definition) is 7. The lowest BCUT2D eigenvalue weighted by Gasteiger charge is -2.14. The lowest BCUT2D eigenvalue weighted by Crippen LogP contribution is -2.05. The molecule has 3 aromatic rings. The van der Waals surface area contributed by atoms with Gasteiger partial charge in [0.25, 0.3) is 0 Å². The van der Waals surface area contributed by atoms with E-state index in [1.165, 1.54) is 12.1 Å². The second kappa shape index (κ2) is 8.63. The first-order valence-electron chi connectivity index (χ1n) is 8.60. The van der Waals surface area contributed by atoms with Gasteiger partial charge in [0.1, 0.15) is 29.9 Å². The Morgan fingerprint density at radius 3 is 2.59 bits per heavy atom. The van der Waals surface area contributed by atoms with Crippen molar-refractivity contribution in [3.63, 3.8) is 0 Å². The molecule has 7 nitrogen and oxygen atoms in total. The van der Waals surface area contributed by atoms with Crippen LogP contribution < -0.4 is 20.9 Å². The predicted molar refractivity (Wildman–Crippen MR) is 108 cm³/mol. The van der Waals surface area contributed by atoms with Gasteiger partial charge in [-0.25, -0.2) is 9.37 Å². The van der Waals surface area contributed by atoms with Gasteiger partial charge < -0.3 is 20.9 Å². The molecule has 0 saturated heterocycles. The Balaban J connectivity index is 1.95. The molecule has 0 bridgehead atoms. The van der Waals surface area contributed by atoms with E-state index < -0.39 is 5.82 Å². The summed E-state index contributed by atoms with van der Waals surface area (Å²) in [4.78, 5) is 7.95. The van der Waals surface area contributed by atoms with Gasteiger partial charge in [-0.1, -0.05) is 17.7 Å². The van der Waals surface area contributed by atoms with Gasteiger partial charge in [0.05, 0.1) is 17.3 Å². The number of nitrogens with two attached hydrogens (primary N) is 2. The van der Waals surface area contributed by atoms with Crippen LogP contribution in [0.3, 0.4) is 0 Å². The first-order valence-corrected chi connectivity index (χ1v) is 8.97. The number of nitrogens with zero attached hydrogens (tertiary/aromatic N) is 3. The number of rotatable bonds is 6. The van der Waals surface area contributed by atoms with Crippen molar-refractivity contribution < 1.29 is 13.9 Å². The Labute approximate surface area is 171 Å². The van der Waals surface area contributed by atoms with Crippen LogP contribution in [-0.4, -0.2) is 16.6 Å². The maximum atomic E-state index is 13.2. The van der Waals surface area contributed by atoms with E-state index in [9.17, 15) is 9.65 Å². The van der Waals surface area contributed by atoms with Crippen LogP contribution in [0.15, 0.2) is 36.4 Å². The van der Waals surface area contributed by atoms with E-state index in [1.807, 2.05) is 13.0 Å². The number of nitrogen functional groups attached to an aromatic ring is 2. The van der Waals surface area contributed by atoms with Crippen molar-refractivity contribution in [1.29, 1.82) is 5.26 Å². The molecule has 0 aliphatic rings. The van der Waals surface area contributed by atoms with E-state index in [0.717, 1.165) is 0 Å². The molecule has 0 saturated carbocycles. The van der Waals surface area contributed by atoms with Gasteiger partial charge in [-0.2, -0.15) is 10.2 Å². The SMILES string of the molecule is CCOc1cc(-c2nc(N)nc(N)c2C#N)ccc1OCc1ccc(F)cc1Cl. The van der Waals surface area contributed by atoms with Crippen LogP contribution in [0.5, 0.6) is 11.5 Å². The molecule has 1 heterocycles. The van der Waals surface area contributed by atoms with Crippen molar-refractivity contribution in [3.05, 3.63) is 58.4 Å². The van der Waals surface area contributed by atoms with E-state index in [4.69, 9.17) is 32.5 Å². The monoisotopic (exact) mass is 413 g/mol. The van der Waals surface area contributed by atoms with Crippen molar-refractivity contribution >= 4 is 23.4 Å². The summed E-state index contributed by atoms with van der Waals surface area (Å²) in [7, 11) is 0. The maximum Gasteiger partial charge on any atom is 0.222 e. The van der Waals surface area contributed by atoms with E-state index >= 15 is 0 Å². The summed E-state index contributed by atoms with van der Waals surface area (Å²) in [5, 5.41) is 9.66. The third-order valence-corrected chi connectivity index (χ3v) is 4.33. The maximum absolute atomic E-state index is 13.2. The highest BCUT2D eigenvalue weighted by Crippen LogP contribution is 2.35. The summed E-state index contributed by atoms with van der Waals surface area (Å²) in [6, 6.07) is 11.1. The number of nitriles is 1. The van der Waals surface area contributed by atoms with E-state index in [0.29, 0.717) is 34.9 Å². The van der Waals surface area contributed by atoms with Gasteiger partial charge in [0, 0.05) is 11.1 Å². The van der Waals surface area contributed by atoms with Crippen LogP contribution in [0.4, 0.5) is 16.2 Å². The molecule has 148 valence electrons. The van der Waals surface area contributed by atoms with Crippen LogP contribution in [0.1, 0.15) is 18.1 Å². The summed E-state index contributed by atoms with van der Waals surface area (Å²) < 4.78 is 24.7. The van der Waals surface area contributed by atoms with Crippen molar-refractivity contribution in [1.82, 2.24) is 9.97 Å². The van der Waals surface area contributed by atoms with Crippen LogP contribution in [0.25, 0.3) is 11.3 Å². The van der Waals surface area contributed by atoms with Crippen molar-refractivity contribution in [3.8, 4) is 28.8 Å². The molecule has 0 aliphatic carbocycles. The van der Waals surface area contributed by atoms with Crippen LogP contribution in [-0.2, 0) is 6.61 Å². The highest BCUT2D eigenvalue weighted by Gasteiger charge is 2.16. The number of anilines is 2. The predicted octanol–water partition coefficient (Wildman–Crippen LogP) is 3.95. The molecule has 29 heavy (non-hydrogen) atoms. The molecular weight excluding hydrogens is 397 g/mol. The zero-order valence-corrected chi connectivity index (χ0v) is 16.2. The lowest BCUT2D eigenvalue weighted by atomic mass is 10.1. The highest BCUT2D eigenvalue weighted by molar-refractivity contribution is 6.31. The minimum Gasteiger partial charge on any atom is -0.490 e. The average Bonchev–Trinajstić information content (AvgIpc) is 2.68. The number of ether oxygens (including phenoxy) is 2. The molecule has 0 atom stereocenters. The molecule has 0 amide bonds. The smallest absolute Gasteiger partial charge is 0.222 e. The van der Waals surface area contributed by atoms with Gasteiger partial charge in [0.2, 0.25) is 5.95 Å². The van der Waals surface area contributed by atoms with Gasteiger partial charge >= 0.3 is 0 Å². The van der Waals surface area contributed by atoms with Crippen LogP contribution in [0.2, 0.25) is 5.02 Å². The fourth-order valence-electron chi connectivity index (χ4n) is 2.65. The fourth-order valence-corrected chi connectivity index (χ4v) is 2.87. The fraction of sp³-hybridized carbons (Fsp3) is 0.150. The highest BCUT2D eigenvalue weighted by atomic mass is 35.5. The summed E-state index contributed by atoms with van der Waals surface area (Å²) in [6.07, 6.45) is 0. The molecule has 0 spiro atoms. The standard InChI is InChI=1S/C20H17ClFN5O2/c1-2-28-17-7-11(18-14(9-23)19(24)27-20(25)26-18)4-6-16(17)29-10-12-3-5-13(22)8-15(12)21/h3-8H,2,10H2,1H3,(H4,24,25,26,27). The third-order valence-electron chi connectivity index (χ3n) is 3.98. The summed E-state index contributed by atoms with van der Waals surface area (Å²) >= 11 is 6.05. The molecule has 1 aromatic heterocycles. The van der Waals surface area contributed by atoms with Crippen molar-refractivity contribution in [2.45, 2.75) is 13.5 Å². The summed E-state index contributed by atoms with van der Waals surface area (Å²) in [5.74, 6) is 0.419. The molecule has 2 aromatic carbocycles. The third kappa shape index (κ3) is 4.47. The summed E-state index contributed by atoms with van der Waals surface area (Å²) in [6.45, 7) is 2.33. The van der Waals surface area contributed by atoms with Gasteiger partial charge in [-0.05, 0) is 37.3 Å². The quantitative estimate of drug-likeness (QED) is 0.627. The zero-order valence-electron chi connectivity index (χ0n) is 15.4. The van der Waals surface area contributed by atoms with E-state index in [2.05, 4.69) is 9.97 Å². The minimum atomic E-state index is -0.421. The zero-order chi connectivity index (χ0) is 21.0. The van der Waals surface area contributed by atoms with Gasteiger partial charge in [-0.3, -0.25) is 0 Å². The largest absolute Gasteiger partial charge is 0.490 e. The lowest BCUT2D eigenvalue weighted by molar-refractivity contribution is 0.269. The number of hydrogen-bond donors (Lipinski definition) is 2. The molecule has 0 unspecified atom stereocenters. The molecule has 0 fully saturated rings. The van der Waals surface area contributed by atoms with Crippen LogP contribution >= 0.6 is 11.6 Å². The normalized spacial score (nSPS) is 10.4. The number of halogens is 2. The first-order chi connectivity index (χ1) is 13.9. The van der Waals surface area contributed by atoms with Crippen molar-refractivity contribution in [2.75, 3.05) is 18.1 Å². The Kier molecular flexibility index (Phi) is 6.00. The van der Waals surface area contributed by atoms with E-state index in [1.54, 1.807) is 24.3 Å². The molecule has 3 rings (SSSR count). The average molecular weight is 414 g/mol. The first kappa shape index (κ1) is 20.2. The number of benzene rings is 2. The Bertz CT molecular complexity index is 1100. The van der Waals surface area contributed by atoms with E-state index in [-0.39, 0.29) is 29.0 Å². The molecule has 0 radical (unpaired) electrons. The second-order valence-electron chi connectivity index (χ2n) is 5.92. The Hall–Kier alpha value is -3.57. The molecule has 4 N–H and O–H groups in total. The van der Waals surface area contributed by atoms with Crippen LogP contribution in [0, 0.1) is 17.1 Å². The molecule has 9 heteroatoms. The van der Waals surface area contributed by atoms with Crippen molar-refractivity contribution in [2.24, 2.45) is 0 Å². The topological polar surface area (TPSA) is 120 Å². The Morgan fingerprint density at radius 2 is 1.90 bits per heavy atom. The second-order valence-corrected chi connectivity index (χ2v) is 6.33. The Morgan fingerprint density at radius 1 is 1.10 bits per heavy atom.